The fraction of sp³-hybridized carbons (Fsp3) is 0.250. The Morgan fingerprint density at radius 1 is 1.14 bits per heavy atom. The molecule has 2 aromatic carbocycles. The van der Waals surface area contributed by atoms with Gasteiger partial charge in [-0.1, -0.05) is 29.4 Å². The summed E-state index contributed by atoms with van der Waals surface area (Å²) in [5.74, 6) is 1.21. The molecule has 1 amide bonds. The first-order valence-electron chi connectivity index (χ1n) is 8.66. The Kier molecular flexibility index (Phi) is 6.26. The molecule has 0 saturated heterocycles. The first-order valence-corrected chi connectivity index (χ1v) is 9.65. The highest BCUT2D eigenvalue weighted by Gasteiger charge is 2.30. The van der Waals surface area contributed by atoms with Gasteiger partial charge in [0.1, 0.15) is 0 Å². The second-order valence-electron chi connectivity index (χ2n) is 6.38. The van der Waals surface area contributed by atoms with Gasteiger partial charge < -0.3 is 9.42 Å². The zero-order valence-corrected chi connectivity index (χ0v) is 16.5. The number of carbonyl (C=O) groups excluding carboxylic acids is 1. The summed E-state index contributed by atoms with van der Waals surface area (Å²) in [6.45, 7) is 1.92. The van der Waals surface area contributed by atoms with E-state index in [0.29, 0.717) is 28.6 Å². The lowest BCUT2D eigenvalue weighted by atomic mass is 10.1. The van der Waals surface area contributed by atoms with Crippen molar-refractivity contribution in [2.24, 2.45) is 0 Å². The van der Waals surface area contributed by atoms with Crippen LogP contribution in [0.15, 0.2) is 57.9 Å². The molecule has 1 aromatic heterocycles. The van der Waals surface area contributed by atoms with Gasteiger partial charge in [0.05, 0.1) is 16.9 Å². The summed E-state index contributed by atoms with van der Waals surface area (Å²) in [4.78, 5) is 19.3. The van der Waals surface area contributed by atoms with Crippen molar-refractivity contribution in [2.75, 3.05) is 7.05 Å². The predicted molar refractivity (Wildman–Crippen MR) is 102 cm³/mol. The van der Waals surface area contributed by atoms with Gasteiger partial charge in [-0.05, 0) is 36.8 Å². The standard InChI is InChI=1S/C20H18F3N3O2S/c1-13-24-18(28-25-13)12-29-17-6-4-3-5-16(17)19(27)26(2)11-14-7-9-15(10-8-14)20(21,22)23/h3-10H,11-12H2,1-2H3. The first kappa shape index (κ1) is 20.9. The number of alkyl halides is 3. The molecule has 0 spiro atoms. The molecule has 9 heteroatoms. The molecule has 0 unspecified atom stereocenters. The molecule has 0 fully saturated rings. The third-order valence-electron chi connectivity index (χ3n) is 4.09. The molecule has 0 bridgehead atoms. The Labute approximate surface area is 169 Å². The van der Waals surface area contributed by atoms with Crippen LogP contribution in [0, 0.1) is 6.92 Å². The van der Waals surface area contributed by atoms with Crippen molar-refractivity contribution < 1.29 is 22.5 Å². The highest BCUT2D eigenvalue weighted by atomic mass is 32.2. The Balaban J connectivity index is 1.69. The summed E-state index contributed by atoms with van der Waals surface area (Å²) in [7, 11) is 1.61. The molecule has 5 nitrogen and oxygen atoms in total. The summed E-state index contributed by atoms with van der Waals surface area (Å²) < 4.78 is 43.2. The number of aryl methyl sites for hydroxylation is 1. The maximum atomic E-state index is 12.9. The summed E-state index contributed by atoms with van der Waals surface area (Å²) in [6.07, 6.45) is -4.38. The Morgan fingerprint density at radius 3 is 2.45 bits per heavy atom. The van der Waals surface area contributed by atoms with Crippen LogP contribution in [-0.2, 0) is 18.5 Å². The second kappa shape index (κ2) is 8.69. The molecule has 152 valence electrons. The van der Waals surface area contributed by atoms with E-state index in [0.717, 1.165) is 17.0 Å². The average molecular weight is 421 g/mol. The largest absolute Gasteiger partial charge is 0.416 e. The van der Waals surface area contributed by atoms with Gasteiger partial charge in [0.15, 0.2) is 5.82 Å². The molecule has 0 radical (unpaired) electrons. The van der Waals surface area contributed by atoms with E-state index in [1.807, 2.05) is 12.1 Å². The van der Waals surface area contributed by atoms with Crippen molar-refractivity contribution >= 4 is 17.7 Å². The van der Waals surface area contributed by atoms with E-state index in [1.165, 1.54) is 28.8 Å². The fourth-order valence-corrected chi connectivity index (χ4v) is 3.54. The number of amides is 1. The van der Waals surface area contributed by atoms with E-state index in [-0.39, 0.29) is 12.5 Å². The lowest BCUT2D eigenvalue weighted by molar-refractivity contribution is -0.137. The van der Waals surface area contributed by atoms with Crippen molar-refractivity contribution in [2.45, 2.75) is 30.3 Å². The maximum absolute atomic E-state index is 12.9. The number of carbonyl (C=O) groups is 1. The predicted octanol–water partition coefficient (Wildman–Crippen LogP) is 4.96. The Bertz CT molecular complexity index is 987. The van der Waals surface area contributed by atoms with Crippen LogP contribution in [0.3, 0.4) is 0 Å². The molecule has 0 aliphatic heterocycles. The van der Waals surface area contributed by atoms with Crippen LogP contribution in [0.2, 0.25) is 0 Å². The van der Waals surface area contributed by atoms with Crippen LogP contribution in [0.1, 0.15) is 33.2 Å². The number of rotatable bonds is 6. The minimum Gasteiger partial charge on any atom is -0.338 e. The summed E-state index contributed by atoms with van der Waals surface area (Å²) in [6, 6.07) is 11.9. The third kappa shape index (κ3) is 5.38. The Morgan fingerprint density at radius 2 is 1.83 bits per heavy atom. The molecule has 0 N–H and O–H groups in total. The van der Waals surface area contributed by atoms with Gasteiger partial charge in [0.2, 0.25) is 5.89 Å². The molecule has 3 rings (SSSR count). The van der Waals surface area contributed by atoms with E-state index in [2.05, 4.69) is 10.1 Å². The second-order valence-corrected chi connectivity index (χ2v) is 7.39. The van der Waals surface area contributed by atoms with Gasteiger partial charge in [0, 0.05) is 18.5 Å². The lowest BCUT2D eigenvalue weighted by Crippen LogP contribution is -2.26. The number of halogens is 3. The fourth-order valence-electron chi connectivity index (χ4n) is 2.66. The maximum Gasteiger partial charge on any atom is 0.416 e. The monoisotopic (exact) mass is 421 g/mol. The van der Waals surface area contributed by atoms with Gasteiger partial charge in [-0.25, -0.2) is 0 Å². The van der Waals surface area contributed by atoms with E-state index >= 15 is 0 Å². The molecule has 1 heterocycles. The van der Waals surface area contributed by atoms with Crippen LogP contribution >= 0.6 is 11.8 Å². The van der Waals surface area contributed by atoms with Gasteiger partial charge >= 0.3 is 6.18 Å². The smallest absolute Gasteiger partial charge is 0.338 e. The van der Waals surface area contributed by atoms with Crippen LogP contribution in [-0.4, -0.2) is 28.0 Å². The quantitative estimate of drug-likeness (QED) is 0.527. The van der Waals surface area contributed by atoms with Crippen molar-refractivity contribution in [1.82, 2.24) is 15.0 Å². The number of hydrogen-bond donors (Lipinski definition) is 0. The number of benzene rings is 2. The van der Waals surface area contributed by atoms with Crippen LogP contribution in [0.4, 0.5) is 13.2 Å². The van der Waals surface area contributed by atoms with E-state index in [1.54, 1.807) is 26.1 Å². The van der Waals surface area contributed by atoms with Crippen molar-refractivity contribution in [3.05, 3.63) is 76.9 Å². The molecule has 0 saturated carbocycles. The molecule has 29 heavy (non-hydrogen) atoms. The van der Waals surface area contributed by atoms with E-state index in [9.17, 15) is 18.0 Å². The van der Waals surface area contributed by atoms with Crippen LogP contribution < -0.4 is 0 Å². The SMILES string of the molecule is Cc1noc(CSc2ccccc2C(=O)N(C)Cc2ccc(C(F)(F)F)cc2)n1. The normalized spacial score (nSPS) is 11.5. The zero-order valence-electron chi connectivity index (χ0n) is 15.7. The average Bonchev–Trinajstić information content (AvgIpc) is 3.11. The third-order valence-corrected chi connectivity index (χ3v) is 5.14. The Hall–Kier alpha value is -2.81. The van der Waals surface area contributed by atoms with E-state index < -0.39 is 11.7 Å². The molecule has 0 atom stereocenters. The molecular formula is C20H18F3N3O2S. The lowest BCUT2D eigenvalue weighted by Gasteiger charge is -2.19. The highest BCUT2D eigenvalue weighted by molar-refractivity contribution is 7.98. The number of nitrogens with zero attached hydrogens (tertiary/aromatic N) is 3. The number of aromatic nitrogens is 2. The van der Waals surface area contributed by atoms with Crippen molar-refractivity contribution in [3.63, 3.8) is 0 Å². The summed E-state index contributed by atoms with van der Waals surface area (Å²) >= 11 is 1.40. The summed E-state index contributed by atoms with van der Waals surface area (Å²) in [5, 5.41) is 3.74. The van der Waals surface area contributed by atoms with Gasteiger partial charge in [0.25, 0.3) is 5.91 Å². The van der Waals surface area contributed by atoms with Gasteiger partial charge in [-0.3, -0.25) is 4.79 Å². The van der Waals surface area contributed by atoms with Gasteiger partial charge in [-0.15, -0.1) is 11.8 Å². The minimum atomic E-state index is -4.38. The summed E-state index contributed by atoms with van der Waals surface area (Å²) in [5.41, 5.74) is 0.400. The molecular weight excluding hydrogens is 403 g/mol. The van der Waals surface area contributed by atoms with Crippen LogP contribution in [0.25, 0.3) is 0 Å². The van der Waals surface area contributed by atoms with Crippen molar-refractivity contribution in [1.29, 1.82) is 0 Å². The highest BCUT2D eigenvalue weighted by Crippen LogP contribution is 2.30. The van der Waals surface area contributed by atoms with Crippen molar-refractivity contribution in [3.8, 4) is 0 Å². The minimum absolute atomic E-state index is 0.193. The van der Waals surface area contributed by atoms with Gasteiger partial charge in [-0.2, -0.15) is 18.2 Å². The topological polar surface area (TPSA) is 59.2 Å². The molecule has 0 aliphatic carbocycles. The molecule has 0 aliphatic rings. The number of thioether (sulfide) groups is 1. The van der Waals surface area contributed by atoms with Crippen LogP contribution in [0.5, 0.6) is 0 Å². The zero-order chi connectivity index (χ0) is 21.0. The first-order chi connectivity index (χ1) is 13.7. The number of hydrogen-bond acceptors (Lipinski definition) is 5. The molecule has 3 aromatic rings. The van der Waals surface area contributed by atoms with E-state index in [4.69, 9.17) is 4.52 Å².